The molecule has 0 saturated heterocycles. The first-order valence-corrected chi connectivity index (χ1v) is 7.93. The van der Waals surface area contributed by atoms with Crippen LogP contribution in [0.2, 0.25) is 0 Å². The zero-order valence-electron chi connectivity index (χ0n) is 13.3. The molecule has 2 aromatic heterocycles. The molecule has 0 saturated carbocycles. The van der Waals surface area contributed by atoms with E-state index in [9.17, 15) is 9.59 Å². The van der Waals surface area contributed by atoms with Gasteiger partial charge in [-0.3, -0.25) is 14.2 Å². The van der Waals surface area contributed by atoms with E-state index in [1.807, 2.05) is 60.7 Å². The van der Waals surface area contributed by atoms with Gasteiger partial charge in [0.25, 0.3) is 11.1 Å². The van der Waals surface area contributed by atoms with Gasteiger partial charge in [-0.2, -0.15) is 0 Å². The topological polar surface area (TPSA) is 67.8 Å². The van der Waals surface area contributed by atoms with Gasteiger partial charge in [0, 0.05) is 22.7 Å². The number of pyridine rings is 1. The number of nitrogens with zero attached hydrogens (tertiary/aromatic N) is 2. The third kappa shape index (κ3) is 2.99. The fourth-order valence-corrected chi connectivity index (χ4v) is 2.80. The molecule has 0 unspecified atom stereocenters. The highest BCUT2D eigenvalue weighted by Crippen LogP contribution is 2.14. The molecule has 5 heteroatoms. The summed E-state index contributed by atoms with van der Waals surface area (Å²) in [6, 6.07) is 20.4. The maximum atomic E-state index is 12.4. The summed E-state index contributed by atoms with van der Waals surface area (Å²) in [5.41, 5.74) is 2.42. The van der Waals surface area contributed by atoms with Gasteiger partial charge < -0.3 is 4.98 Å². The summed E-state index contributed by atoms with van der Waals surface area (Å²) in [6.45, 7) is 0.182. The molecule has 4 rings (SSSR count). The average molecular weight is 329 g/mol. The summed E-state index contributed by atoms with van der Waals surface area (Å²) in [6.07, 6.45) is 1.49. The molecule has 0 aliphatic carbocycles. The molecule has 5 nitrogen and oxygen atoms in total. The van der Waals surface area contributed by atoms with Crippen LogP contribution < -0.4 is 11.1 Å². The second kappa shape index (κ2) is 6.20. The minimum absolute atomic E-state index is 0.182. The number of aromatic nitrogens is 3. The second-order valence-electron chi connectivity index (χ2n) is 5.82. The minimum Gasteiger partial charge on any atom is -0.322 e. The number of nitrogens with one attached hydrogen (secondary N) is 1. The molecule has 0 bridgehead atoms. The van der Waals surface area contributed by atoms with E-state index in [1.165, 1.54) is 17.0 Å². The predicted molar refractivity (Wildman–Crippen MR) is 97.6 cm³/mol. The van der Waals surface area contributed by atoms with Crippen LogP contribution >= 0.6 is 0 Å². The van der Waals surface area contributed by atoms with Crippen molar-refractivity contribution in [2.45, 2.75) is 6.54 Å². The summed E-state index contributed by atoms with van der Waals surface area (Å²) < 4.78 is 1.44. The number of rotatable bonds is 3. The highest BCUT2D eigenvalue weighted by Gasteiger charge is 2.07. The van der Waals surface area contributed by atoms with E-state index >= 15 is 0 Å². The highest BCUT2D eigenvalue weighted by atomic mass is 16.1. The van der Waals surface area contributed by atoms with Crippen molar-refractivity contribution >= 4 is 10.9 Å². The van der Waals surface area contributed by atoms with Gasteiger partial charge in [0.2, 0.25) is 0 Å². The Balaban J connectivity index is 1.71. The third-order valence-corrected chi connectivity index (χ3v) is 4.12. The van der Waals surface area contributed by atoms with Gasteiger partial charge in [-0.15, -0.1) is 0 Å². The largest absolute Gasteiger partial charge is 0.322 e. The molecule has 0 spiro atoms. The van der Waals surface area contributed by atoms with Crippen molar-refractivity contribution in [3.05, 3.63) is 99.3 Å². The van der Waals surface area contributed by atoms with E-state index in [1.54, 1.807) is 0 Å². The number of H-pyrrole nitrogens is 1. The lowest BCUT2D eigenvalue weighted by Gasteiger charge is -2.07. The zero-order chi connectivity index (χ0) is 17.2. The molecule has 0 fully saturated rings. The molecule has 0 radical (unpaired) electrons. The smallest absolute Gasteiger partial charge is 0.254 e. The van der Waals surface area contributed by atoms with E-state index in [0.29, 0.717) is 11.3 Å². The summed E-state index contributed by atoms with van der Waals surface area (Å²) in [5.74, 6) is 0. The van der Waals surface area contributed by atoms with Crippen LogP contribution in [0.4, 0.5) is 0 Å². The molecule has 0 amide bonds. The van der Waals surface area contributed by atoms with Crippen molar-refractivity contribution in [3.8, 4) is 11.3 Å². The Morgan fingerprint density at radius 2 is 1.68 bits per heavy atom. The molecule has 25 heavy (non-hydrogen) atoms. The number of benzene rings is 2. The monoisotopic (exact) mass is 329 g/mol. The molecule has 0 aliphatic rings. The fraction of sp³-hybridized carbons (Fsp3) is 0.0500. The van der Waals surface area contributed by atoms with Gasteiger partial charge >= 0.3 is 0 Å². The first-order valence-electron chi connectivity index (χ1n) is 7.93. The maximum absolute atomic E-state index is 12.4. The van der Waals surface area contributed by atoms with E-state index in [2.05, 4.69) is 9.97 Å². The highest BCUT2D eigenvalue weighted by molar-refractivity contribution is 5.78. The Bertz CT molecular complexity index is 1160. The second-order valence-corrected chi connectivity index (χ2v) is 5.82. The maximum Gasteiger partial charge on any atom is 0.254 e. The Morgan fingerprint density at radius 1 is 0.920 bits per heavy atom. The van der Waals surface area contributed by atoms with Crippen LogP contribution in [0.15, 0.2) is 82.6 Å². The summed E-state index contributed by atoms with van der Waals surface area (Å²) >= 11 is 0. The van der Waals surface area contributed by atoms with Gasteiger partial charge in [0.15, 0.2) is 0 Å². The molecule has 0 atom stereocenters. The third-order valence-electron chi connectivity index (χ3n) is 4.12. The summed E-state index contributed by atoms with van der Waals surface area (Å²) in [4.78, 5) is 31.8. The minimum atomic E-state index is -0.197. The molecule has 0 aliphatic heterocycles. The van der Waals surface area contributed by atoms with Crippen molar-refractivity contribution in [1.29, 1.82) is 0 Å². The van der Waals surface area contributed by atoms with E-state index in [4.69, 9.17) is 0 Å². The van der Waals surface area contributed by atoms with Crippen molar-refractivity contribution in [2.75, 3.05) is 0 Å². The summed E-state index contributed by atoms with van der Waals surface area (Å²) in [7, 11) is 0. The van der Waals surface area contributed by atoms with Crippen LogP contribution in [0.3, 0.4) is 0 Å². The van der Waals surface area contributed by atoms with Crippen molar-refractivity contribution in [2.24, 2.45) is 0 Å². The summed E-state index contributed by atoms with van der Waals surface area (Å²) in [5, 5.41) is 0.930. The Labute approximate surface area is 143 Å². The van der Waals surface area contributed by atoms with Crippen molar-refractivity contribution in [1.82, 2.24) is 14.5 Å². The molecular weight excluding hydrogens is 314 g/mol. The molecule has 2 heterocycles. The number of aromatic amines is 1. The first-order chi connectivity index (χ1) is 12.2. The number of fused-ring (bicyclic) bond motifs is 1. The van der Waals surface area contributed by atoms with E-state index < -0.39 is 0 Å². The van der Waals surface area contributed by atoms with Crippen molar-refractivity contribution < 1.29 is 0 Å². The van der Waals surface area contributed by atoms with Crippen LogP contribution in [-0.4, -0.2) is 14.5 Å². The molecule has 122 valence electrons. The Hall–Kier alpha value is -3.47. The zero-order valence-corrected chi connectivity index (χ0v) is 13.3. The standard InChI is InChI=1S/C20H15N3O2/c24-19-11-18(14-6-2-1-3-7-14)21-13-23(19)12-16-10-15-8-4-5-9-17(15)22-20(16)25/h1-11,13H,12H2,(H,22,25). The quantitative estimate of drug-likeness (QED) is 0.628. The van der Waals surface area contributed by atoms with Crippen LogP contribution in [0, 0.1) is 0 Å². The lowest BCUT2D eigenvalue weighted by molar-refractivity contribution is 0.731. The van der Waals surface area contributed by atoms with E-state index in [0.717, 1.165) is 16.5 Å². The van der Waals surface area contributed by atoms with E-state index in [-0.39, 0.29) is 17.7 Å². The fourth-order valence-electron chi connectivity index (χ4n) is 2.80. The Morgan fingerprint density at radius 3 is 2.48 bits per heavy atom. The van der Waals surface area contributed by atoms with Gasteiger partial charge in [-0.25, -0.2) is 4.98 Å². The number of hydrogen-bond donors (Lipinski definition) is 1. The lowest BCUT2D eigenvalue weighted by Crippen LogP contribution is -2.24. The predicted octanol–water partition coefficient (Wildman–Crippen LogP) is 2.80. The molecule has 2 aromatic carbocycles. The average Bonchev–Trinajstić information content (AvgIpc) is 2.64. The number of para-hydroxylation sites is 1. The molecule has 4 aromatic rings. The van der Waals surface area contributed by atoms with Gasteiger partial charge in [-0.05, 0) is 17.5 Å². The van der Waals surface area contributed by atoms with Crippen molar-refractivity contribution in [3.63, 3.8) is 0 Å². The lowest BCUT2D eigenvalue weighted by atomic mass is 10.1. The SMILES string of the molecule is O=c1[nH]c2ccccc2cc1Cn1cnc(-c2ccccc2)cc1=O. The van der Waals surface area contributed by atoms with Gasteiger partial charge in [-0.1, -0.05) is 48.5 Å². The normalized spacial score (nSPS) is 10.9. The van der Waals surface area contributed by atoms with Gasteiger partial charge in [0.1, 0.15) is 0 Å². The first kappa shape index (κ1) is 15.1. The number of hydrogen-bond acceptors (Lipinski definition) is 3. The Kier molecular flexibility index (Phi) is 3.74. The van der Waals surface area contributed by atoms with Crippen LogP contribution in [0.1, 0.15) is 5.56 Å². The van der Waals surface area contributed by atoms with Gasteiger partial charge in [0.05, 0.1) is 18.6 Å². The van der Waals surface area contributed by atoms with Crippen LogP contribution in [0.25, 0.3) is 22.2 Å². The molecular formula is C20H15N3O2. The molecule has 1 N–H and O–H groups in total. The van der Waals surface area contributed by atoms with Crippen LogP contribution in [-0.2, 0) is 6.54 Å². The van der Waals surface area contributed by atoms with Crippen LogP contribution in [0.5, 0.6) is 0 Å².